The van der Waals surface area contributed by atoms with Crippen LogP contribution in [0.2, 0.25) is 0 Å². The smallest absolute Gasteiger partial charge is 0.227 e. The van der Waals surface area contributed by atoms with Crippen molar-refractivity contribution in [2.24, 2.45) is 0 Å². The van der Waals surface area contributed by atoms with Crippen LogP contribution in [0.15, 0.2) is 54.2 Å². The Morgan fingerprint density at radius 3 is 2.12 bits per heavy atom. The van der Waals surface area contributed by atoms with Crippen LogP contribution in [0, 0.1) is 6.92 Å². The molecule has 0 N–H and O–H groups in total. The minimum atomic E-state index is 0. The summed E-state index contributed by atoms with van der Waals surface area (Å²) >= 11 is 1.74. The van der Waals surface area contributed by atoms with Crippen LogP contribution in [0.5, 0.6) is 11.5 Å². The fourth-order valence-electron chi connectivity index (χ4n) is 5.31. The second-order valence-corrected chi connectivity index (χ2v) is 12.5. The van der Waals surface area contributed by atoms with Gasteiger partial charge in [-0.15, -0.1) is 0 Å². The Hall–Kier alpha value is -2.38. The Morgan fingerprint density at radius 1 is 0.837 bits per heavy atom. The molecule has 5 nitrogen and oxygen atoms in total. The molecule has 7 heteroatoms. The van der Waals surface area contributed by atoms with Crippen molar-refractivity contribution in [2.45, 2.75) is 117 Å². The van der Waals surface area contributed by atoms with Gasteiger partial charge in [0.15, 0.2) is 24.2 Å². The van der Waals surface area contributed by atoms with Crippen molar-refractivity contribution in [1.82, 2.24) is 0 Å². The average molecular weight is 674 g/mol. The molecule has 0 aliphatic carbocycles. The van der Waals surface area contributed by atoms with Crippen LogP contribution in [0.1, 0.15) is 113 Å². The highest BCUT2D eigenvalue weighted by Crippen LogP contribution is 2.30. The Balaban J connectivity index is 0.00000645. The van der Waals surface area contributed by atoms with Gasteiger partial charge in [0.05, 0.1) is 25.1 Å². The molecule has 1 amide bonds. The maximum atomic E-state index is 13.0. The molecule has 1 heterocycles. The number of thiazole rings is 1. The number of unbranched alkanes of at least 4 members (excludes halogenated alkanes) is 11. The van der Waals surface area contributed by atoms with E-state index in [0.29, 0.717) is 25.3 Å². The van der Waals surface area contributed by atoms with Crippen LogP contribution in [0.25, 0.3) is 0 Å². The van der Waals surface area contributed by atoms with E-state index < -0.39 is 0 Å². The molecule has 0 bridgehead atoms. The minimum Gasteiger partial charge on any atom is -1.00 e. The van der Waals surface area contributed by atoms with Gasteiger partial charge in [-0.3, -0.25) is 4.79 Å². The van der Waals surface area contributed by atoms with Crippen molar-refractivity contribution >= 4 is 22.9 Å². The van der Waals surface area contributed by atoms with Crippen molar-refractivity contribution in [3.63, 3.8) is 0 Å². The van der Waals surface area contributed by atoms with Gasteiger partial charge in [-0.1, -0.05) is 114 Å². The second-order valence-electron chi connectivity index (χ2n) is 11.4. The fourth-order valence-corrected chi connectivity index (χ4v) is 5.95. The van der Waals surface area contributed by atoms with Crippen LogP contribution in [-0.2, 0) is 17.9 Å². The van der Waals surface area contributed by atoms with E-state index in [1.54, 1.807) is 18.4 Å². The zero-order valence-corrected chi connectivity index (χ0v) is 29.3. The van der Waals surface area contributed by atoms with Crippen molar-refractivity contribution in [1.29, 1.82) is 0 Å². The summed E-state index contributed by atoms with van der Waals surface area (Å²) in [4.78, 5) is 16.2. The van der Waals surface area contributed by atoms with Gasteiger partial charge in [0.1, 0.15) is 0 Å². The first-order valence-corrected chi connectivity index (χ1v) is 17.0. The highest BCUT2D eigenvalue weighted by Gasteiger charge is 2.17. The van der Waals surface area contributed by atoms with Gasteiger partial charge in [0, 0.05) is 17.7 Å². The van der Waals surface area contributed by atoms with Gasteiger partial charge in [-0.25, -0.2) is 0 Å². The molecule has 0 saturated heterocycles. The van der Waals surface area contributed by atoms with Gasteiger partial charge in [-0.2, -0.15) is 4.57 Å². The van der Waals surface area contributed by atoms with E-state index in [9.17, 15) is 4.79 Å². The first kappa shape index (κ1) is 36.8. The van der Waals surface area contributed by atoms with E-state index in [1.807, 2.05) is 42.2 Å². The second kappa shape index (κ2) is 21.3. The SMILES string of the molecule is CCCCCCCCCCCCCCOc1ccc(CN(C(=O)CC)c2cccc(C[n+]3csc(C)c3)c2)cc1OC.[Br-]. The lowest BCUT2D eigenvalue weighted by molar-refractivity contribution is -0.683. The molecule has 2 aromatic carbocycles. The molecule has 43 heavy (non-hydrogen) atoms. The quantitative estimate of drug-likeness (QED) is 0.0968. The summed E-state index contributed by atoms with van der Waals surface area (Å²) in [7, 11) is 1.68. The lowest BCUT2D eigenvalue weighted by Gasteiger charge is -2.23. The predicted molar refractivity (Wildman–Crippen MR) is 176 cm³/mol. The predicted octanol–water partition coefficient (Wildman–Crippen LogP) is 6.43. The highest BCUT2D eigenvalue weighted by molar-refractivity contribution is 7.09. The molecule has 238 valence electrons. The largest absolute Gasteiger partial charge is 1.00 e. The van der Waals surface area contributed by atoms with Gasteiger partial charge in [0.2, 0.25) is 11.4 Å². The number of ether oxygens (including phenoxy) is 2. The number of methoxy groups -OCH3 is 1. The molecule has 3 aromatic rings. The summed E-state index contributed by atoms with van der Waals surface area (Å²) in [5, 5.41) is 0. The van der Waals surface area contributed by atoms with E-state index in [0.717, 1.165) is 30.0 Å². The lowest BCUT2D eigenvalue weighted by atomic mass is 10.1. The molecule has 0 radical (unpaired) electrons. The topological polar surface area (TPSA) is 42.7 Å². The molecule has 1 aromatic heterocycles. The molecule has 0 atom stereocenters. The third-order valence-corrected chi connectivity index (χ3v) is 8.59. The number of rotatable bonds is 21. The highest BCUT2D eigenvalue weighted by atomic mass is 79.9. The van der Waals surface area contributed by atoms with E-state index in [4.69, 9.17) is 9.47 Å². The fraction of sp³-hybridized carbons (Fsp3) is 0.556. The van der Waals surface area contributed by atoms with Crippen LogP contribution >= 0.6 is 11.3 Å². The first-order valence-electron chi connectivity index (χ1n) is 16.2. The summed E-state index contributed by atoms with van der Waals surface area (Å²) < 4.78 is 14.0. The summed E-state index contributed by atoms with van der Waals surface area (Å²) in [5.74, 6) is 1.58. The van der Waals surface area contributed by atoms with Crippen molar-refractivity contribution in [3.05, 3.63) is 70.2 Å². The average Bonchev–Trinajstić information content (AvgIpc) is 3.42. The molecule has 0 unspecified atom stereocenters. The number of carbonyl (C=O) groups excluding carboxylic acids is 1. The summed E-state index contributed by atoms with van der Waals surface area (Å²) in [5.41, 5.74) is 5.23. The van der Waals surface area contributed by atoms with Gasteiger partial charge in [0.25, 0.3) is 0 Å². The molecular weight excluding hydrogens is 620 g/mol. The summed E-state index contributed by atoms with van der Waals surface area (Å²) in [6.45, 7) is 8.27. The standard InChI is InChI=1S/C36H53N2O3S.BrH/c1-5-7-8-9-10-11-12-13-14-15-16-17-23-41-34-22-21-32(25-35(34)40-4)28-38(36(39)6-2)33-20-18-19-31(24-33)27-37-26-30(3)42-29-37;/h18-22,24-26,29H,5-17,23,27-28H2,1-4H3;1H/q+1;/p-1. The van der Waals surface area contributed by atoms with Gasteiger partial charge < -0.3 is 31.4 Å². The number of aryl methyl sites for hydroxylation is 1. The van der Waals surface area contributed by atoms with Gasteiger partial charge >= 0.3 is 0 Å². The van der Waals surface area contributed by atoms with E-state index in [1.165, 1.54) is 81.1 Å². The summed E-state index contributed by atoms with van der Waals surface area (Å²) in [6, 6.07) is 14.3. The van der Waals surface area contributed by atoms with Crippen LogP contribution in [0.3, 0.4) is 0 Å². The van der Waals surface area contributed by atoms with Crippen LogP contribution in [0.4, 0.5) is 5.69 Å². The minimum absolute atomic E-state index is 0. The normalized spacial score (nSPS) is 10.8. The Labute approximate surface area is 275 Å². The summed E-state index contributed by atoms with van der Waals surface area (Å²) in [6.07, 6.45) is 18.5. The zero-order valence-electron chi connectivity index (χ0n) is 26.9. The number of anilines is 1. The number of benzene rings is 2. The maximum absolute atomic E-state index is 13.0. The third-order valence-electron chi connectivity index (χ3n) is 7.74. The van der Waals surface area contributed by atoms with E-state index >= 15 is 0 Å². The number of hydrogen-bond donors (Lipinski definition) is 0. The zero-order chi connectivity index (χ0) is 30.0. The number of hydrogen-bond acceptors (Lipinski definition) is 4. The Morgan fingerprint density at radius 2 is 1.51 bits per heavy atom. The maximum Gasteiger partial charge on any atom is 0.227 e. The Bertz CT molecular complexity index is 1200. The van der Waals surface area contributed by atoms with Crippen molar-refractivity contribution in [2.75, 3.05) is 18.6 Å². The van der Waals surface area contributed by atoms with Crippen LogP contribution in [-0.4, -0.2) is 19.6 Å². The van der Waals surface area contributed by atoms with Crippen molar-refractivity contribution in [3.8, 4) is 11.5 Å². The molecule has 0 aliphatic heterocycles. The van der Waals surface area contributed by atoms with E-state index in [-0.39, 0.29) is 22.9 Å². The number of nitrogens with zero attached hydrogens (tertiary/aromatic N) is 2. The Kier molecular flexibility index (Phi) is 18.3. The molecule has 0 aliphatic rings. The lowest BCUT2D eigenvalue weighted by Crippen LogP contribution is -3.00. The molecule has 0 fully saturated rings. The van der Waals surface area contributed by atoms with Gasteiger partial charge in [-0.05, 0) is 43.2 Å². The van der Waals surface area contributed by atoms with E-state index in [2.05, 4.69) is 42.3 Å². The number of aromatic nitrogens is 1. The van der Waals surface area contributed by atoms with Crippen LogP contribution < -0.4 is 35.9 Å². The molecule has 0 saturated carbocycles. The number of halogens is 1. The molecular formula is C36H53BrN2O3S. The van der Waals surface area contributed by atoms with Crippen molar-refractivity contribution < 1.29 is 35.8 Å². The molecule has 0 spiro atoms. The number of amides is 1. The monoisotopic (exact) mass is 672 g/mol. The third kappa shape index (κ3) is 13.4. The molecule has 3 rings (SSSR count). The number of carbonyl (C=O) groups is 1. The first-order chi connectivity index (χ1) is 20.5.